The van der Waals surface area contributed by atoms with Gasteiger partial charge in [0.2, 0.25) is 0 Å². The molecule has 0 spiro atoms. The predicted octanol–water partition coefficient (Wildman–Crippen LogP) is 7.59. The van der Waals surface area contributed by atoms with Crippen molar-refractivity contribution in [2.45, 2.75) is 0 Å². The lowest BCUT2D eigenvalue weighted by Crippen LogP contribution is -2.25. The molecule has 0 aliphatic heterocycles. The molecular weight excluding hydrogens is 610 g/mol. The fourth-order valence-corrected chi connectivity index (χ4v) is 11.7. The van der Waals surface area contributed by atoms with Crippen LogP contribution < -0.4 is 31.8 Å². The van der Waals surface area contributed by atoms with Crippen LogP contribution in [0.3, 0.4) is 0 Å². The van der Waals surface area contributed by atoms with E-state index < -0.39 is 13.8 Å². The summed E-state index contributed by atoms with van der Waals surface area (Å²) in [5.41, 5.74) is 1.29. The maximum Gasteiger partial charge on any atom is 0.136 e. The number of hydrogen-bond acceptors (Lipinski definition) is 1. The molecule has 6 aromatic carbocycles. The number of halogens is 4. The molecule has 0 aliphatic rings. The molecule has 0 radical (unpaired) electrons. The number of hydrogen-bond donors (Lipinski definition) is 0. The van der Waals surface area contributed by atoms with Crippen molar-refractivity contribution < 1.29 is 22.0 Å². The minimum Gasteiger partial charge on any atom is -0.456 e. The fraction of sp³-hybridized carbons (Fsp3) is 0. The molecule has 0 N–H and O–H groups in total. The van der Waals surface area contributed by atoms with Gasteiger partial charge in [-0.3, -0.25) is 0 Å². The average molecular weight is 637 g/mol. The van der Waals surface area contributed by atoms with Crippen LogP contribution in [-0.2, 0) is 0 Å². The summed E-state index contributed by atoms with van der Waals surface area (Å²) in [6, 6.07) is 37.1. The summed E-state index contributed by atoms with van der Waals surface area (Å²) in [5.74, 6) is -1.39. The molecule has 222 valence electrons. The first-order valence-electron chi connectivity index (χ1n) is 14.1. The highest BCUT2D eigenvalue weighted by Crippen LogP contribution is 2.45. The van der Waals surface area contributed by atoms with Crippen molar-refractivity contribution in [3.8, 4) is 0 Å². The average Bonchev–Trinajstić information content (AvgIpc) is 3.42. The van der Waals surface area contributed by atoms with E-state index in [9.17, 15) is 17.6 Å². The van der Waals surface area contributed by atoms with Crippen LogP contribution in [0.15, 0.2) is 138 Å². The molecule has 45 heavy (non-hydrogen) atoms. The van der Waals surface area contributed by atoms with Crippen molar-refractivity contribution in [3.05, 3.63) is 157 Å². The lowest BCUT2D eigenvalue weighted by molar-refractivity contribution is 0.628. The molecule has 0 atom stereocenters. The Morgan fingerprint density at radius 3 is 0.867 bits per heavy atom. The van der Waals surface area contributed by atoms with E-state index in [2.05, 4.69) is 0 Å². The minimum atomic E-state index is -2.55. The van der Waals surface area contributed by atoms with E-state index in [0.29, 0.717) is 11.2 Å². The third-order valence-corrected chi connectivity index (χ3v) is 15.4. The highest BCUT2D eigenvalue weighted by atomic mass is 31.2. The lowest BCUT2D eigenvalue weighted by Gasteiger charge is -2.26. The predicted molar refractivity (Wildman–Crippen MR) is 185 cm³/mol. The molecule has 0 aliphatic carbocycles. The zero-order chi connectivity index (χ0) is 31.3. The molecule has 0 bridgehead atoms. The van der Waals surface area contributed by atoms with Crippen LogP contribution in [0.4, 0.5) is 17.6 Å². The van der Waals surface area contributed by atoms with Crippen LogP contribution in [0.5, 0.6) is 0 Å². The zero-order valence-electron chi connectivity index (χ0n) is 23.9. The fourth-order valence-electron chi connectivity index (χ4n) is 5.91. The van der Waals surface area contributed by atoms with Gasteiger partial charge in [-0.05, 0) is 118 Å². The van der Waals surface area contributed by atoms with Gasteiger partial charge in [-0.15, -0.1) is 0 Å². The number of furan rings is 1. The van der Waals surface area contributed by atoms with Gasteiger partial charge in [-0.1, -0.05) is 73.3 Å². The lowest BCUT2D eigenvalue weighted by atomic mass is 10.1. The SMILES string of the molecule is C=P(c1ccc(F)cc1)(c1ccc(F)cc1)c1ccc2c(c1)oc1cc(P(=C)(c3ccc(F)cc3)c3ccc(F)cc3)ccc12. The summed E-state index contributed by atoms with van der Waals surface area (Å²) >= 11 is 0. The van der Waals surface area contributed by atoms with Gasteiger partial charge in [0, 0.05) is 10.8 Å². The quantitative estimate of drug-likeness (QED) is 0.136. The van der Waals surface area contributed by atoms with Gasteiger partial charge in [0.1, 0.15) is 34.4 Å². The molecule has 1 nitrogen and oxygen atoms in total. The normalized spacial score (nSPS) is 12.2. The van der Waals surface area contributed by atoms with Gasteiger partial charge >= 0.3 is 0 Å². The summed E-state index contributed by atoms with van der Waals surface area (Å²) in [6.45, 7) is -5.09. The van der Waals surface area contributed by atoms with Crippen molar-refractivity contribution in [2.75, 3.05) is 0 Å². The maximum absolute atomic E-state index is 13.9. The van der Waals surface area contributed by atoms with Gasteiger partial charge in [0.15, 0.2) is 0 Å². The minimum absolute atomic E-state index is 0.349. The van der Waals surface area contributed by atoms with Crippen molar-refractivity contribution in [1.82, 2.24) is 0 Å². The summed E-state index contributed by atoms with van der Waals surface area (Å²) in [4.78, 5) is 0. The highest BCUT2D eigenvalue weighted by molar-refractivity contribution is 7.93. The van der Waals surface area contributed by atoms with Crippen LogP contribution in [0.1, 0.15) is 0 Å². The van der Waals surface area contributed by atoms with E-state index in [1.165, 1.54) is 48.5 Å². The van der Waals surface area contributed by atoms with Gasteiger partial charge in [-0.25, -0.2) is 17.6 Å². The zero-order valence-corrected chi connectivity index (χ0v) is 25.7. The second-order valence-electron chi connectivity index (χ2n) is 11.0. The monoisotopic (exact) mass is 636 g/mol. The Balaban J connectivity index is 1.40. The summed E-state index contributed by atoms with van der Waals surface area (Å²) < 4.78 is 62.2. The first-order valence-corrected chi connectivity index (χ1v) is 18.1. The van der Waals surface area contributed by atoms with Gasteiger partial charge in [-0.2, -0.15) is 0 Å². The van der Waals surface area contributed by atoms with Crippen LogP contribution in [0.25, 0.3) is 21.9 Å². The van der Waals surface area contributed by atoms with E-state index in [4.69, 9.17) is 17.0 Å². The molecule has 7 heteroatoms. The number of benzene rings is 6. The Bertz CT molecular complexity index is 2030. The van der Waals surface area contributed by atoms with Crippen molar-refractivity contribution >= 4 is 80.1 Å². The largest absolute Gasteiger partial charge is 0.456 e. The molecule has 0 amide bonds. The molecule has 0 fully saturated rings. The van der Waals surface area contributed by atoms with Crippen LogP contribution in [0, 0.1) is 23.3 Å². The topological polar surface area (TPSA) is 13.1 Å². The Morgan fingerprint density at radius 2 is 0.600 bits per heavy atom. The third kappa shape index (κ3) is 4.97. The standard InChI is InChI=1S/C38H26F4OP2/c1-44(29-11-3-25(39)4-12-29,30-13-5-26(40)6-14-30)33-19-21-35-36-22-20-34(24-38(36)43-37(35)23-33)45(2,31-15-7-27(41)8-16-31)32-17-9-28(42)10-18-32/h3-24H,1-2H2. The van der Waals surface area contributed by atoms with Crippen LogP contribution in [-0.4, -0.2) is 12.6 Å². The Kier molecular flexibility index (Phi) is 7.20. The second-order valence-corrected chi connectivity index (χ2v) is 17.3. The first kappa shape index (κ1) is 29.2. The molecule has 7 rings (SSSR count). The van der Waals surface area contributed by atoms with Crippen LogP contribution in [0.2, 0.25) is 0 Å². The Morgan fingerprint density at radius 1 is 0.356 bits per heavy atom. The molecule has 0 saturated carbocycles. The van der Waals surface area contributed by atoms with E-state index >= 15 is 0 Å². The van der Waals surface area contributed by atoms with Gasteiger partial charge in [0.05, 0.1) is 0 Å². The van der Waals surface area contributed by atoms with Crippen molar-refractivity contribution in [1.29, 1.82) is 0 Å². The molecule has 1 aromatic heterocycles. The molecular formula is C38H26F4OP2. The third-order valence-electron chi connectivity index (χ3n) is 8.39. The molecule has 0 saturated heterocycles. The van der Waals surface area contributed by atoms with Crippen molar-refractivity contribution in [2.24, 2.45) is 0 Å². The summed E-state index contributed by atoms with van der Waals surface area (Å²) in [5, 5.41) is 6.98. The van der Waals surface area contributed by atoms with E-state index in [-0.39, 0.29) is 23.3 Å². The summed E-state index contributed by atoms with van der Waals surface area (Å²) in [7, 11) is 0. The van der Waals surface area contributed by atoms with Gasteiger partial charge < -0.3 is 4.42 Å². The maximum atomic E-state index is 13.9. The second kappa shape index (κ2) is 11.1. The van der Waals surface area contributed by atoms with Gasteiger partial charge in [0.25, 0.3) is 0 Å². The first-order chi connectivity index (χ1) is 21.7. The molecule has 7 aromatic rings. The van der Waals surface area contributed by atoms with E-state index in [0.717, 1.165) is 42.6 Å². The smallest absolute Gasteiger partial charge is 0.136 e. The van der Waals surface area contributed by atoms with Crippen molar-refractivity contribution in [3.63, 3.8) is 0 Å². The van der Waals surface area contributed by atoms with Crippen LogP contribution >= 0.6 is 13.8 Å². The number of fused-ring (bicyclic) bond motifs is 3. The Labute approximate surface area is 258 Å². The highest BCUT2D eigenvalue weighted by Gasteiger charge is 2.26. The molecule has 0 unspecified atom stereocenters. The number of rotatable bonds is 6. The molecule has 1 heterocycles. The Hall–Kier alpha value is -4.56. The summed E-state index contributed by atoms with van der Waals surface area (Å²) in [6.07, 6.45) is 9.39. The van der Waals surface area contributed by atoms with E-state index in [1.54, 1.807) is 48.5 Å². The van der Waals surface area contributed by atoms with E-state index in [1.807, 2.05) is 36.4 Å².